The van der Waals surface area contributed by atoms with E-state index in [0.717, 1.165) is 5.92 Å². The van der Waals surface area contributed by atoms with Crippen LogP contribution in [0.4, 0.5) is 0 Å². The normalized spacial score (nSPS) is 21.1. The maximum absolute atomic E-state index is 10.6. The van der Waals surface area contributed by atoms with Crippen LogP contribution in [-0.2, 0) is 4.79 Å². The minimum absolute atomic E-state index is 0.243. The van der Waals surface area contributed by atoms with E-state index in [-0.39, 0.29) is 5.92 Å². The molecule has 1 saturated carbocycles. The number of carbonyl (C=O) groups is 1. The number of carboxylic acid groups (broad SMARTS) is 1. The van der Waals surface area contributed by atoms with Crippen molar-refractivity contribution < 1.29 is 9.90 Å². The molecule has 0 aromatic carbocycles. The van der Waals surface area contributed by atoms with Crippen molar-refractivity contribution in [3.05, 3.63) is 11.6 Å². The molecule has 2 heteroatoms. The van der Waals surface area contributed by atoms with Crippen molar-refractivity contribution in [2.75, 3.05) is 0 Å². The Morgan fingerprint density at radius 2 is 2.07 bits per heavy atom. The summed E-state index contributed by atoms with van der Waals surface area (Å²) in [5.41, 5.74) is 1.24. The second kappa shape index (κ2) is 5.18. The fraction of sp³-hybridized carbons (Fsp3) is 0.750. The first-order valence-corrected chi connectivity index (χ1v) is 5.49. The van der Waals surface area contributed by atoms with Crippen molar-refractivity contribution in [1.82, 2.24) is 0 Å². The summed E-state index contributed by atoms with van der Waals surface area (Å²) in [5.74, 6) is -0.215. The molecule has 1 rings (SSSR count). The SMILES string of the molecule is CC(=CC1CCCC1)CC(C)C(=O)O. The fourth-order valence-electron chi connectivity index (χ4n) is 2.16. The number of hydrogen-bond donors (Lipinski definition) is 1. The second-order valence-electron chi connectivity index (χ2n) is 4.50. The van der Waals surface area contributed by atoms with Gasteiger partial charge in [0, 0.05) is 0 Å². The summed E-state index contributed by atoms with van der Waals surface area (Å²) in [4.78, 5) is 10.6. The Hall–Kier alpha value is -0.790. The lowest BCUT2D eigenvalue weighted by Gasteiger charge is -2.08. The van der Waals surface area contributed by atoms with Crippen LogP contribution in [0, 0.1) is 11.8 Å². The van der Waals surface area contributed by atoms with Crippen molar-refractivity contribution in [3.8, 4) is 0 Å². The highest BCUT2D eigenvalue weighted by molar-refractivity contribution is 5.69. The molecule has 0 saturated heterocycles. The molecule has 0 aliphatic heterocycles. The number of allylic oxidation sites excluding steroid dienone is 2. The van der Waals surface area contributed by atoms with Gasteiger partial charge in [-0.05, 0) is 32.1 Å². The maximum atomic E-state index is 10.6. The predicted molar refractivity (Wildman–Crippen MR) is 57.1 cm³/mol. The predicted octanol–water partition coefficient (Wildman–Crippen LogP) is 3.23. The smallest absolute Gasteiger partial charge is 0.306 e. The Balaban J connectivity index is 2.39. The average Bonchev–Trinajstić information content (AvgIpc) is 2.56. The summed E-state index contributed by atoms with van der Waals surface area (Å²) in [5, 5.41) is 8.76. The van der Waals surface area contributed by atoms with Gasteiger partial charge in [-0.2, -0.15) is 0 Å². The zero-order valence-electron chi connectivity index (χ0n) is 9.12. The van der Waals surface area contributed by atoms with Gasteiger partial charge in [-0.1, -0.05) is 31.4 Å². The molecule has 0 radical (unpaired) electrons. The zero-order valence-corrected chi connectivity index (χ0v) is 9.12. The molecule has 0 amide bonds. The van der Waals surface area contributed by atoms with Crippen LogP contribution in [0.3, 0.4) is 0 Å². The van der Waals surface area contributed by atoms with Crippen LogP contribution >= 0.6 is 0 Å². The molecule has 0 bridgehead atoms. The molecule has 0 aromatic rings. The van der Waals surface area contributed by atoms with E-state index in [1.54, 1.807) is 6.92 Å². The number of hydrogen-bond acceptors (Lipinski definition) is 1. The third-order valence-corrected chi connectivity index (χ3v) is 2.97. The molecule has 0 heterocycles. The lowest BCUT2D eigenvalue weighted by Crippen LogP contribution is -2.09. The Morgan fingerprint density at radius 1 is 1.50 bits per heavy atom. The summed E-state index contributed by atoms with van der Waals surface area (Å²) < 4.78 is 0. The molecule has 1 aliphatic rings. The first kappa shape index (κ1) is 11.3. The Bertz CT molecular complexity index is 224. The van der Waals surface area contributed by atoms with Crippen molar-refractivity contribution in [2.24, 2.45) is 11.8 Å². The van der Waals surface area contributed by atoms with Gasteiger partial charge in [0.1, 0.15) is 0 Å². The van der Waals surface area contributed by atoms with Crippen LogP contribution in [0.2, 0.25) is 0 Å². The molecule has 1 fully saturated rings. The molecule has 1 atom stereocenters. The highest BCUT2D eigenvalue weighted by atomic mass is 16.4. The summed E-state index contributed by atoms with van der Waals surface area (Å²) in [7, 11) is 0. The molecular formula is C12H20O2. The maximum Gasteiger partial charge on any atom is 0.306 e. The van der Waals surface area contributed by atoms with Gasteiger partial charge in [0.05, 0.1) is 5.92 Å². The van der Waals surface area contributed by atoms with Gasteiger partial charge in [0.15, 0.2) is 0 Å². The summed E-state index contributed by atoms with van der Waals surface area (Å²) in [6.07, 6.45) is 8.24. The van der Waals surface area contributed by atoms with Crippen molar-refractivity contribution in [1.29, 1.82) is 0 Å². The molecule has 1 unspecified atom stereocenters. The summed E-state index contributed by atoms with van der Waals surface area (Å²) in [6.45, 7) is 3.83. The third kappa shape index (κ3) is 3.52. The third-order valence-electron chi connectivity index (χ3n) is 2.97. The minimum atomic E-state index is -0.691. The molecule has 0 spiro atoms. The molecule has 14 heavy (non-hydrogen) atoms. The topological polar surface area (TPSA) is 37.3 Å². The van der Waals surface area contributed by atoms with E-state index in [0.29, 0.717) is 6.42 Å². The number of carboxylic acids is 1. The molecule has 80 valence electrons. The van der Waals surface area contributed by atoms with Crippen LogP contribution in [0.5, 0.6) is 0 Å². The largest absolute Gasteiger partial charge is 0.481 e. The van der Waals surface area contributed by atoms with E-state index in [1.165, 1.54) is 31.3 Å². The average molecular weight is 196 g/mol. The summed E-state index contributed by atoms with van der Waals surface area (Å²) >= 11 is 0. The molecule has 1 aliphatic carbocycles. The molecule has 1 N–H and O–H groups in total. The quantitative estimate of drug-likeness (QED) is 0.701. The number of rotatable bonds is 4. The van der Waals surface area contributed by atoms with Crippen LogP contribution < -0.4 is 0 Å². The van der Waals surface area contributed by atoms with Gasteiger partial charge >= 0.3 is 5.97 Å². The van der Waals surface area contributed by atoms with Gasteiger partial charge in [-0.15, -0.1) is 0 Å². The van der Waals surface area contributed by atoms with Crippen LogP contribution in [-0.4, -0.2) is 11.1 Å². The summed E-state index contributed by atoms with van der Waals surface area (Å²) in [6, 6.07) is 0. The van der Waals surface area contributed by atoms with Gasteiger partial charge in [-0.3, -0.25) is 4.79 Å². The Kier molecular flexibility index (Phi) is 4.18. The molecular weight excluding hydrogens is 176 g/mol. The first-order valence-electron chi connectivity index (χ1n) is 5.49. The van der Waals surface area contributed by atoms with E-state index < -0.39 is 5.97 Å². The lowest BCUT2D eigenvalue weighted by atomic mass is 9.98. The standard InChI is InChI=1S/C12H20O2/c1-9(7-10(2)12(13)14)8-11-5-3-4-6-11/h8,10-11H,3-7H2,1-2H3,(H,13,14). The van der Waals surface area contributed by atoms with Gasteiger partial charge in [-0.25, -0.2) is 0 Å². The lowest BCUT2D eigenvalue weighted by molar-refractivity contribution is -0.141. The van der Waals surface area contributed by atoms with E-state index in [4.69, 9.17) is 5.11 Å². The zero-order chi connectivity index (χ0) is 10.6. The van der Waals surface area contributed by atoms with Crippen LogP contribution in [0.15, 0.2) is 11.6 Å². The fourth-order valence-corrected chi connectivity index (χ4v) is 2.16. The highest BCUT2D eigenvalue weighted by Crippen LogP contribution is 2.27. The van der Waals surface area contributed by atoms with Gasteiger partial charge in [0.2, 0.25) is 0 Å². The van der Waals surface area contributed by atoms with E-state index in [1.807, 2.05) is 0 Å². The van der Waals surface area contributed by atoms with E-state index in [9.17, 15) is 4.79 Å². The Morgan fingerprint density at radius 3 is 2.57 bits per heavy atom. The van der Waals surface area contributed by atoms with Crippen molar-refractivity contribution in [2.45, 2.75) is 46.0 Å². The monoisotopic (exact) mass is 196 g/mol. The van der Waals surface area contributed by atoms with Crippen LogP contribution in [0.25, 0.3) is 0 Å². The highest BCUT2D eigenvalue weighted by Gasteiger charge is 2.15. The van der Waals surface area contributed by atoms with E-state index in [2.05, 4.69) is 13.0 Å². The molecule has 2 nitrogen and oxygen atoms in total. The van der Waals surface area contributed by atoms with Crippen molar-refractivity contribution in [3.63, 3.8) is 0 Å². The van der Waals surface area contributed by atoms with Gasteiger partial charge in [0.25, 0.3) is 0 Å². The van der Waals surface area contributed by atoms with Gasteiger partial charge < -0.3 is 5.11 Å². The molecule has 0 aromatic heterocycles. The van der Waals surface area contributed by atoms with Crippen LogP contribution in [0.1, 0.15) is 46.0 Å². The first-order chi connectivity index (χ1) is 6.59. The Labute approximate surface area is 86.0 Å². The minimum Gasteiger partial charge on any atom is -0.481 e. The second-order valence-corrected chi connectivity index (χ2v) is 4.50. The number of aliphatic carboxylic acids is 1. The van der Waals surface area contributed by atoms with Crippen molar-refractivity contribution >= 4 is 5.97 Å². The van der Waals surface area contributed by atoms with E-state index >= 15 is 0 Å².